The third-order valence-corrected chi connectivity index (χ3v) is 4.12. The van der Waals surface area contributed by atoms with Gasteiger partial charge in [0.05, 0.1) is 11.3 Å². The van der Waals surface area contributed by atoms with Crippen LogP contribution in [0, 0.1) is 13.8 Å². The van der Waals surface area contributed by atoms with Crippen molar-refractivity contribution in [3.8, 4) is 0 Å². The van der Waals surface area contributed by atoms with Crippen molar-refractivity contribution in [3.63, 3.8) is 0 Å². The average molecular weight is 277 g/mol. The SMILES string of the molecule is Cc1cc(C(=O)Nc2nc3c(s2)CNCC3)c(C)o1. The maximum atomic E-state index is 12.1. The number of aromatic nitrogens is 1. The van der Waals surface area contributed by atoms with Crippen LogP contribution < -0.4 is 10.6 Å². The molecule has 19 heavy (non-hydrogen) atoms. The van der Waals surface area contributed by atoms with Gasteiger partial charge in [-0.15, -0.1) is 11.3 Å². The Morgan fingerprint density at radius 1 is 1.53 bits per heavy atom. The quantitative estimate of drug-likeness (QED) is 0.883. The Kier molecular flexibility index (Phi) is 3.12. The Morgan fingerprint density at radius 2 is 2.37 bits per heavy atom. The van der Waals surface area contributed by atoms with Crippen molar-refractivity contribution in [1.82, 2.24) is 10.3 Å². The highest BCUT2D eigenvalue weighted by molar-refractivity contribution is 7.15. The van der Waals surface area contributed by atoms with Gasteiger partial charge in [-0.1, -0.05) is 0 Å². The molecule has 100 valence electrons. The first kappa shape index (κ1) is 12.4. The fourth-order valence-electron chi connectivity index (χ4n) is 2.20. The van der Waals surface area contributed by atoms with E-state index in [4.69, 9.17) is 4.42 Å². The summed E-state index contributed by atoms with van der Waals surface area (Å²) in [5, 5.41) is 6.81. The molecule has 0 saturated carbocycles. The lowest BCUT2D eigenvalue weighted by molar-refractivity contribution is 0.102. The fourth-order valence-corrected chi connectivity index (χ4v) is 3.17. The van der Waals surface area contributed by atoms with Crippen molar-refractivity contribution in [3.05, 3.63) is 33.7 Å². The van der Waals surface area contributed by atoms with E-state index < -0.39 is 0 Å². The summed E-state index contributed by atoms with van der Waals surface area (Å²) in [4.78, 5) is 17.8. The number of nitrogens with zero attached hydrogens (tertiary/aromatic N) is 1. The van der Waals surface area contributed by atoms with Crippen molar-refractivity contribution in [2.75, 3.05) is 11.9 Å². The van der Waals surface area contributed by atoms with Crippen LogP contribution in [0.2, 0.25) is 0 Å². The fraction of sp³-hybridized carbons (Fsp3) is 0.385. The number of rotatable bonds is 2. The van der Waals surface area contributed by atoms with Gasteiger partial charge in [-0.2, -0.15) is 0 Å². The second kappa shape index (κ2) is 4.79. The Hall–Kier alpha value is -1.66. The molecule has 2 aromatic heterocycles. The molecule has 0 bridgehead atoms. The summed E-state index contributed by atoms with van der Waals surface area (Å²) >= 11 is 1.53. The molecule has 1 aliphatic rings. The maximum Gasteiger partial charge on any atom is 0.260 e. The molecular weight excluding hydrogens is 262 g/mol. The van der Waals surface area contributed by atoms with Gasteiger partial charge in [-0.05, 0) is 19.9 Å². The van der Waals surface area contributed by atoms with Gasteiger partial charge in [-0.25, -0.2) is 4.98 Å². The van der Waals surface area contributed by atoms with Crippen molar-refractivity contribution in [2.45, 2.75) is 26.8 Å². The van der Waals surface area contributed by atoms with E-state index in [-0.39, 0.29) is 5.91 Å². The van der Waals surface area contributed by atoms with Crippen LogP contribution >= 0.6 is 11.3 Å². The van der Waals surface area contributed by atoms with E-state index in [1.165, 1.54) is 16.2 Å². The molecule has 2 N–H and O–H groups in total. The molecule has 6 heteroatoms. The van der Waals surface area contributed by atoms with Gasteiger partial charge in [0.15, 0.2) is 5.13 Å². The number of aryl methyl sites for hydroxylation is 2. The van der Waals surface area contributed by atoms with Crippen molar-refractivity contribution < 1.29 is 9.21 Å². The molecule has 3 heterocycles. The Morgan fingerprint density at radius 3 is 3.05 bits per heavy atom. The highest BCUT2D eigenvalue weighted by atomic mass is 32.1. The zero-order chi connectivity index (χ0) is 13.4. The number of anilines is 1. The molecule has 5 nitrogen and oxygen atoms in total. The molecule has 1 amide bonds. The van der Waals surface area contributed by atoms with Crippen molar-refractivity contribution in [2.24, 2.45) is 0 Å². The number of carbonyl (C=O) groups is 1. The number of hydrogen-bond donors (Lipinski definition) is 2. The largest absolute Gasteiger partial charge is 0.466 e. The zero-order valence-electron chi connectivity index (χ0n) is 10.9. The van der Waals surface area contributed by atoms with E-state index in [0.717, 1.165) is 31.0 Å². The van der Waals surface area contributed by atoms with Gasteiger partial charge in [-0.3, -0.25) is 10.1 Å². The first-order valence-electron chi connectivity index (χ1n) is 6.21. The second-order valence-electron chi connectivity index (χ2n) is 4.60. The standard InChI is InChI=1S/C13H15N3O2S/c1-7-5-9(8(2)18-7)12(17)16-13-15-10-3-4-14-6-11(10)19-13/h5,14H,3-4,6H2,1-2H3,(H,15,16,17). The molecule has 0 aromatic carbocycles. The predicted molar refractivity (Wildman–Crippen MR) is 73.7 cm³/mol. The van der Waals surface area contributed by atoms with Crippen LogP contribution in [0.1, 0.15) is 32.4 Å². The van der Waals surface area contributed by atoms with E-state index in [1.807, 2.05) is 6.92 Å². The van der Waals surface area contributed by atoms with Gasteiger partial charge in [0.25, 0.3) is 5.91 Å². The second-order valence-corrected chi connectivity index (χ2v) is 5.68. The summed E-state index contributed by atoms with van der Waals surface area (Å²) < 4.78 is 5.37. The minimum atomic E-state index is -0.159. The van der Waals surface area contributed by atoms with E-state index in [0.29, 0.717) is 16.5 Å². The Labute approximate surface area is 115 Å². The molecule has 0 atom stereocenters. The van der Waals surface area contributed by atoms with E-state index in [9.17, 15) is 4.79 Å². The lowest BCUT2D eigenvalue weighted by Gasteiger charge is -2.09. The average Bonchev–Trinajstić information content (AvgIpc) is 2.91. The van der Waals surface area contributed by atoms with E-state index >= 15 is 0 Å². The molecule has 0 saturated heterocycles. The number of thiazole rings is 1. The van der Waals surface area contributed by atoms with Crippen LogP contribution in [0.4, 0.5) is 5.13 Å². The minimum absolute atomic E-state index is 0.159. The summed E-state index contributed by atoms with van der Waals surface area (Å²) in [6.45, 7) is 5.41. The monoisotopic (exact) mass is 277 g/mol. The number of hydrogen-bond acceptors (Lipinski definition) is 5. The molecular formula is C13H15N3O2S. The molecule has 3 rings (SSSR count). The van der Waals surface area contributed by atoms with Crippen LogP contribution in [0.15, 0.2) is 10.5 Å². The topological polar surface area (TPSA) is 67.2 Å². The zero-order valence-corrected chi connectivity index (χ0v) is 11.7. The lowest BCUT2D eigenvalue weighted by Crippen LogP contribution is -2.22. The summed E-state index contributed by atoms with van der Waals surface area (Å²) in [6, 6.07) is 1.75. The van der Waals surface area contributed by atoms with Gasteiger partial charge >= 0.3 is 0 Å². The Bertz CT molecular complexity index is 606. The summed E-state index contributed by atoms with van der Waals surface area (Å²) in [7, 11) is 0. The molecule has 2 aromatic rings. The number of carbonyl (C=O) groups excluding carboxylic acids is 1. The molecule has 0 aliphatic carbocycles. The minimum Gasteiger partial charge on any atom is -0.466 e. The first-order chi connectivity index (χ1) is 9.13. The summed E-state index contributed by atoms with van der Waals surface area (Å²) in [5.74, 6) is 1.22. The number of nitrogens with one attached hydrogen (secondary N) is 2. The highest BCUT2D eigenvalue weighted by Gasteiger charge is 2.18. The van der Waals surface area contributed by atoms with Crippen LogP contribution in [0.5, 0.6) is 0 Å². The Balaban J connectivity index is 1.79. The number of amides is 1. The van der Waals surface area contributed by atoms with Gasteiger partial charge in [0.2, 0.25) is 0 Å². The summed E-state index contributed by atoms with van der Waals surface area (Å²) in [6.07, 6.45) is 0.922. The van der Waals surface area contributed by atoms with Crippen molar-refractivity contribution in [1.29, 1.82) is 0 Å². The number of fused-ring (bicyclic) bond motifs is 1. The molecule has 0 fully saturated rings. The smallest absolute Gasteiger partial charge is 0.260 e. The van der Waals surface area contributed by atoms with Gasteiger partial charge < -0.3 is 9.73 Å². The number of furan rings is 1. The van der Waals surface area contributed by atoms with Gasteiger partial charge in [0.1, 0.15) is 11.5 Å². The van der Waals surface area contributed by atoms with E-state index in [2.05, 4.69) is 15.6 Å². The summed E-state index contributed by atoms with van der Waals surface area (Å²) in [5.41, 5.74) is 1.67. The molecule has 0 spiro atoms. The third-order valence-electron chi connectivity index (χ3n) is 3.11. The molecule has 0 unspecified atom stereocenters. The van der Waals surface area contributed by atoms with E-state index in [1.54, 1.807) is 13.0 Å². The predicted octanol–water partition coefficient (Wildman–Crippen LogP) is 2.25. The normalized spacial score (nSPS) is 14.2. The molecule has 0 radical (unpaired) electrons. The van der Waals surface area contributed by atoms with Crippen molar-refractivity contribution >= 4 is 22.4 Å². The third kappa shape index (κ3) is 2.41. The highest BCUT2D eigenvalue weighted by Crippen LogP contribution is 2.26. The lowest BCUT2D eigenvalue weighted by atomic mass is 10.2. The van der Waals surface area contributed by atoms with Crippen LogP contribution in [-0.2, 0) is 13.0 Å². The van der Waals surface area contributed by atoms with Crippen LogP contribution in [0.3, 0.4) is 0 Å². The maximum absolute atomic E-state index is 12.1. The van der Waals surface area contributed by atoms with Gasteiger partial charge in [0, 0.05) is 24.4 Å². The van der Waals surface area contributed by atoms with Crippen LogP contribution in [-0.4, -0.2) is 17.4 Å². The van der Waals surface area contributed by atoms with Crippen LogP contribution in [0.25, 0.3) is 0 Å². The molecule has 1 aliphatic heterocycles. The first-order valence-corrected chi connectivity index (χ1v) is 7.03.